The minimum atomic E-state index is -0.354. The Morgan fingerprint density at radius 3 is 1.92 bits per heavy atom. The summed E-state index contributed by atoms with van der Waals surface area (Å²) >= 11 is 0. The summed E-state index contributed by atoms with van der Waals surface area (Å²) in [7, 11) is 0. The van der Waals surface area contributed by atoms with Gasteiger partial charge in [0.05, 0.1) is 0 Å². The molecule has 1 aliphatic carbocycles. The Balaban J connectivity index is 1.77. The van der Waals surface area contributed by atoms with Crippen LogP contribution in [-0.4, -0.2) is 43.8 Å². The third kappa shape index (κ3) is 3.13. The fourth-order valence-electron chi connectivity index (χ4n) is 3.29. The summed E-state index contributed by atoms with van der Waals surface area (Å²) in [6.07, 6.45) is -0.354. The molecule has 0 bridgehead atoms. The minimum absolute atomic E-state index is 0.0685. The molecule has 0 aromatic heterocycles. The molecule has 4 N–H and O–H groups in total. The molecule has 0 radical (unpaired) electrons. The molecular formula is C19H23N3O2. The number of amides is 1. The van der Waals surface area contributed by atoms with Gasteiger partial charge >= 0.3 is 6.09 Å². The molecule has 0 fully saturated rings. The first-order chi connectivity index (χ1) is 11.8. The van der Waals surface area contributed by atoms with Crippen molar-refractivity contribution in [3.63, 3.8) is 0 Å². The van der Waals surface area contributed by atoms with E-state index in [0.29, 0.717) is 32.8 Å². The van der Waals surface area contributed by atoms with Crippen molar-refractivity contribution in [3.05, 3.63) is 59.7 Å². The molecule has 5 nitrogen and oxygen atoms in total. The van der Waals surface area contributed by atoms with Crippen molar-refractivity contribution < 1.29 is 9.53 Å². The Morgan fingerprint density at radius 1 is 0.917 bits per heavy atom. The smallest absolute Gasteiger partial charge is 0.409 e. The van der Waals surface area contributed by atoms with Gasteiger partial charge in [0.2, 0.25) is 0 Å². The normalized spacial score (nSPS) is 12.6. The Hall–Kier alpha value is -2.37. The summed E-state index contributed by atoms with van der Waals surface area (Å²) < 4.78 is 5.58. The quantitative estimate of drug-likeness (QED) is 0.853. The molecule has 126 valence electrons. The highest BCUT2D eigenvalue weighted by atomic mass is 16.6. The molecule has 0 saturated carbocycles. The predicted octanol–water partition coefficient (Wildman–Crippen LogP) is 2.15. The molecule has 0 atom stereocenters. The van der Waals surface area contributed by atoms with E-state index in [0.717, 1.165) is 0 Å². The van der Waals surface area contributed by atoms with Crippen molar-refractivity contribution in [3.8, 4) is 11.1 Å². The molecule has 3 rings (SSSR count). The maximum atomic E-state index is 12.3. The second-order valence-electron chi connectivity index (χ2n) is 5.87. The van der Waals surface area contributed by atoms with Crippen molar-refractivity contribution in [2.75, 3.05) is 32.8 Å². The SMILES string of the molecule is NCCN(CCN)C(=O)OCC1c2ccccc2-c2ccccc21. The van der Waals surface area contributed by atoms with E-state index in [4.69, 9.17) is 16.2 Å². The van der Waals surface area contributed by atoms with E-state index < -0.39 is 0 Å². The molecule has 1 aliphatic rings. The van der Waals surface area contributed by atoms with Gasteiger partial charge in [0.25, 0.3) is 0 Å². The number of hydrogen-bond acceptors (Lipinski definition) is 4. The van der Waals surface area contributed by atoms with Gasteiger partial charge in [-0.15, -0.1) is 0 Å². The summed E-state index contributed by atoms with van der Waals surface area (Å²) in [6, 6.07) is 16.6. The van der Waals surface area contributed by atoms with E-state index in [2.05, 4.69) is 24.3 Å². The number of carbonyl (C=O) groups excluding carboxylic acids is 1. The maximum Gasteiger partial charge on any atom is 0.409 e. The third-order valence-electron chi connectivity index (χ3n) is 4.39. The summed E-state index contributed by atoms with van der Waals surface area (Å²) in [4.78, 5) is 13.9. The fraction of sp³-hybridized carbons (Fsp3) is 0.316. The number of ether oxygens (including phenoxy) is 1. The van der Waals surface area contributed by atoms with Crippen LogP contribution < -0.4 is 11.5 Å². The van der Waals surface area contributed by atoms with Crippen LogP contribution in [-0.2, 0) is 4.74 Å². The average molecular weight is 325 g/mol. The topological polar surface area (TPSA) is 81.6 Å². The standard InChI is InChI=1S/C19H23N3O2/c20-9-11-22(12-10-21)19(23)24-13-18-16-7-3-1-5-14(16)15-6-2-4-8-17(15)18/h1-8,18H,9-13,20-21H2. The Kier molecular flexibility index (Phi) is 5.13. The van der Waals surface area contributed by atoms with Crippen LogP contribution in [0.25, 0.3) is 11.1 Å². The van der Waals surface area contributed by atoms with Crippen LogP contribution in [0.5, 0.6) is 0 Å². The van der Waals surface area contributed by atoms with Crippen molar-refractivity contribution in [2.45, 2.75) is 5.92 Å². The van der Waals surface area contributed by atoms with Gasteiger partial charge in [-0.1, -0.05) is 48.5 Å². The molecule has 0 spiro atoms. The highest BCUT2D eigenvalue weighted by Gasteiger charge is 2.29. The first-order valence-corrected chi connectivity index (χ1v) is 8.26. The maximum absolute atomic E-state index is 12.3. The Labute approximate surface area is 142 Å². The summed E-state index contributed by atoms with van der Waals surface area (Å²) in [5, 5.41) is 0. The first-order valence-electron chi connectivity index (χ1n) is 8.26. The van der Waals surface area contributed by atoms with Gasteiger partial charge in [0, 0.05) is 32.1 Å². The van der Waals surface area contributed by atoms with Crippen LogP contribution >= 0.6 is 0 Å². The van der Waals surface area contributed by atoms with Crippen LogP contribution in [0.3, 0.4) is 0 Å². The van der Waals surface area contributed by atoms with Gasteiger partial charge in [-0.3, -0.25) is 0 Å². The lowest BCUT2D eigenvalue weighted by Gasteiger charge is -2.22. The minimum Gasteiger partial charge on any atom is -0.448 e. The number of hydrogen-bond donors (Lipinski definition) is 2. The average Bonchev–Trinajstić information content (AvgIpc) is 2.93. The molecule has 0 unspecified atom stereocenters. The van der Waals surface area contributed by atoms with Crippen molar-refractivity contribution >= 4 is 6.09 Å². The molecule has 1 amide bonds. The van der Waals surface area contributed by atoms with Gasteiger partial charge in [-0.05, 0) is 22.3 Å². The lowest BCUT2D eigenvalue weighted by molar-refractivity contribution is 0.102. The third-order valence-corrected chi connectivity index (χ3v) is 4.39. The number of benzene rings is 2. The molecule has 5 heteroatoms. The number of fused-ring (bicyclic) bond motifs is 3. The fourth-order valence-corrected chi connectivity index (χ4v) is 3.29. The van der Waals surface area contributed by atoms with Crippen molar-refractivity contribution in [1.82, 2.24) is 4.90 Å². The highest BCUT2D eigenvalue weighted by molar-refractivity contribution is 5.79. The van der Waals surface area contributed by atoms with Gasteiger partial charge < -0.3 is 21.1 Å². The largest absolute Gasteiger partial charge is 0.448 e. The van der Waals surface area contributed by atoms with Crippen LogP contribution in [0.1, 0.15) is 17.0 Å². The zero-order chi connectivity index (χ0) is 16.9. The summed E-state index contributed by atoms with van der Waals surface area (Å²) in [6.45, 7) is 2.01. The van der Waals surface area contributed by atoms with Crippen LogP contribution in [0.15, 0.2) is 48.5 Å². The highest BCUT2D eigenvalue weighted by Crippen LogP contribution is 2.44. The van der Waals surface area contributed by atoms with E-state index in [1.807, 2.05) is 24.3 Å². The number of nitrogens with two attached hydrogens (primary N) is 2. The lowest BCUT2D eigenvalue weighted by atomic mass is 9.98. The number of nitrogens with zero attached hydrogens (tertiary/aromatic N) is 1. The predicted molar refractivity (Wildman–Crippen MR) is 94.8 cm³/mol. The lowest BCUT2D eigenvalue weighted by Crippen LogP contribution is -2.39. The van der Waals surface area contributed by atoms with Crippen LogP contribution in [0.4, 0.5) is 4.79 Å². The van der Waals surface area contributed by atoms with Gasteiger partial charge in [0.15, 0.2) is 0 Å². The summed E-state index contributed by atoms with van der Waals surface area (Å²) in [5.41, 5.74) is 15.9. The molecular weight excluding hydrogens is 302 g/mol. The van der Waals surface area contributed by atoms with Gasteiger partial charge in [-0.25, -0.2) is 4.79 Å². The molecule has 0 heterocycles. The molecule has 0 aliphatic heterocycles. The molecule has 24 heavy (non-hydrogen) atoms. The zero-order valence-corrected chi connectivity index (χ0v) is 13.7. The van der Waals surface area contributed by atoms with Crippen LogP contribution in [0.2, 0.25) is 0 Å². The first kappa shape index (κ1) is 16.5. The van der Waals surface area contributed by atoms with E-state index in [1.54, 1.807) is 4.90 Å². The van der Waals surface area contributed by atoms with Crippen LogP contribution in [0, 0.1) is 0 Å². The second-order valence-corrected chi connectivity index (χ2v) is 5.87. The Bertz CT molecular complexity index is 666. The second kappa shape index (κ2) is 7.47. The van der Waals surface area contributed by atoms with Crippen molar-refractivity contribution in [1.29, 1.82) is 0 Å². The number of carbonyl (C=O) groups is 1. The van der Waals surface area contributed by atoms with E-state index >= 15 is 0 Å². The summed E-state index contributed by atoms with van der Waals surface area (Å²) in [5.74, 6) is 0.0685. The van der Waals surface area contributed by atoms with E-state index in [-0.39, 0.29) is 12.0 Å². The zero-order valence-electron chi connectivity index (χ0n) is 13.7. The van der Waals surface area contributed by atoms with E-state index in [1.165, 1.54) is 22.3 Å². The van der Waals surface area contributed by atoms with Crippen molar-refractivity contribution in [2.24, 2.45) is 11.5 Å². The van der Waals surface area contributed by atoms with E-state index in [9.17, 15) is 4.79 Å². The molecule has 0 saturated heterocycles. The monoisotopic (exact) mass is 325 g/mol. The molecule has 2 aromatic rings. The number of rotatable bonds is 6. The van der Waals surface area contributed by atoms with Gasteiger partial charge in [-0.2, -0.15) is 0 Å². The van der Waals surface area contributed by atoms with Gasteiger partial charge in [0.1, 0.15) is 6.61 Å². The Morgan fingerprint density at radius 2 is 1.42 bits per heavy atom. The molecule has 2 aromatic carbocycles.